The molecular weight excluding hydrogens is 574 g/mol. The van der Waals surface area contributed by atoms with Crippen LogP contribution in [-0.4, -0.2) is 41.2 Å². The number of carbonyl (C=O) groups excluding carboxylic acids is 2. The highest BCUT2D eigenvalue weighted by molar-refractivity contribution is 7.89. The van der Waals surface area contributed by atoms with Crippen LogP contribution < -0.4 is 4.72 Å². The molecule has 1 heterocycles. The maximum Gasteiger partial charge on any atom is 0.258 e. The molecule has 0 aromatic carbocycles. The second-order valence-corrected chi connectivity index (χ2v) is 17.8. The summed E-state index contributed by atoms with van der Waals surface area (Å²) in [5.41, 5.74) is -4.81. The number of rotatable bonds is 3. The van der Waals surface area contributed by atoms with E-state index < -0.39 is 48.7 Å². The Kier molecular flexibility index (Phi) is 6.55. The largest absolute Gasteiger partial charge is 0.381 e. The zero-order valence-corrected chi connectivity index (χ0v) is 27.8. The number of pyridine rings is 1. The molecule has 0 spiro atoms. The van der Waals surface area contributed by atoms with Gasteiger partial charge < -0.3 is 5.11 Å². The van der Waals surface area contributed by atoms with Gasteiger partial charge in [0.15, 0.2) is 16.6 Å². The van der Waals surface area contributed by atoms with E-state index in [0.29, 0.717) is 32.1 Å². The summed E-state index contributed by atoms with van der Waals surface area (Å²) in [5, 5.41) is 22.9. The van der Waals surface area contributed by atoms with Gasteiger partial charge in [-0.05, 0) is 92.4 Å². The summed E-state index contributed by atoms with van der Waals surface area (Å²) in [6.45, 7) is 14.1. The summed E-state index contributed by atoms with van der Waals surface area (Å²) in [6.07, 6.45) is 9.33. The molecule has 0 bridgehead atoms. The number of nitrogens with one attached hydrogen (secondary N) is 1. The molecule has 8 nitrogen and oxygen atoms in total. The van der Waals surface area contributed by atoms with Crippen LogP contribution in [0.25, 0.3) is 0 Å². The molecule has 0 unspecified atom stereocenters. The van der Waals surface area contributed by atoms with Crippen molar-refractivity contribution in [3.63, 3.8) is 0 Å². The quantitative estimate of drug-likeness (QED) is 0.459. The maximum atomic E-state index is 14.6. The number of nitriles is 1. The minimum absolute atomic E-state index is 0.0562. The van der Waals surface area contributed by atoms with Crippen LogP contribution in [0.3, 0.4) is 0 Å². The van der Waals surface area contributed by atoms with Gasteiger partial charge >= 0.3 is 0 Å². The standard InChI is InChI=1S/C35H45N3O5S/c1-29(2)23-11-12-33(6)24(32(23,5)19-22(21-36)28(29)40)18-26(39)35(41)25-20-31(4,15-13-30(25,3)14-16-34(33,35)7)38-44(42,43)27-10-8-9-17-37-27/h8-10,17-19,23,25,38,41H,11-16,20H2,1-7H3/t23-,25+,30-,31-,32-,33+,34-,35+/m0/s1. The molecule has 236 valence electrons. The van der Waals surface area contributed by atoms with Crippen molar-refractivity contribution >= 4 is 21.6 Å². The highest BCUT2D eigenvalue weighted by atomic mass is 32.2. The third kappa shape index (κ3) is 3.80. The van der Waals surface area contributed by atoms with E-state index in [1.165, 1.54) is 12.3 Å². The Balaban J connectivity index is 1.46. The summed E-state index contributed by atoms with van der Waals surface area (Å²) in [5.74, 6) is -1.07. The van der Waals surface area contributed by atoms with Crippen molar-refractivity contribution in [3.05, 3.63) is 47.7 Å². The van der Waals surface area contributed by atoms with Gasteiger partial charge in [-0.3, -0.25) is 9.59 Å². The lowest BCUT2D eigenvalue weighted by atomic mass is 9.33. The number of aromatic nitrogens is 1. The first-order valence-corrected chi connectivity index (χ1v) is 17.3. The molecule has 2 N–H and O–H groups in total. The summed E-state index contributed by atoms with van der Waals surface area (Å²) < 4.78 is 29.7. The van der Waals surface area contributed by atoms with Gasteiger partial charge in [-0.15, -0.1) is 0 Å². The molecule has 0 aliphatic heterocycles. The van der Waals surface area contributed by atoms with Crippen molar-refractivity contribution in [1.82, 2.24) is 9.71 Å². The molecule has 3 fully saturated rings. The molecule has 3 saturated carbocycles. The van der Waals surface area contributed by atoms with Gasteiger partial charge in [-0.1, -0.05) is 53.7 Å². The Morgan fingerprint density at radius 3 is 2.30 bits per heavy atom. The van der Waals surface area contributed by atoms with Gasteiger partial charge in [0.1, 0.15) is 11.7 Å². The van der Waals surface area contributed by atoms with Gasteiger partial charge in [-0.25, -0.2) is 18.1 Å². The molecule has 5 aliphatic carbocycles. The highest BCUT2D eigenvalue weighted by Gasteiger charge is 2.75. The van der Waals surface area contributed by atoms with E-state index in [4.69, 9.17) is 0 Å². The maximum absolute atomic E-state index is 14.6. The number of Topliss-reactive ketones (excluding diaryl/α,β-unsaturated/α-hetero) is 1. The van der Waals surface area contributed by atoms with Crippen LogP contribution in [0.15, 0.2) is 52.7 Å². The Hall–Kier alpha value is -2.67. The van der Waals surface area contributed by atoms with Gasteiger partial charge in [-0.2, -0.15) is 5.26 Å². The number of aliphatic hydroxyl groups is 1. The van der Waals surface area contributed by atoms with Crippen molar-refractivity contribution in [2.24, 2.45) is 38.9 Å². The second kappa shape index (κ2) is 9.20. The van der Waals surface area contributed by atoms with Crippen LogP contribution >= 0.6 is 0 Å². The molecule has 1 aromatic heterocycles. The van der Waals surface area contributed by atoms with Crippen molar-refractivity contribution < 1.29 is 23.1 Å². The van der Waals surface area contributed by atoms with E-state index in [9.17, 15) is 28.4 Å². The lowest BCUT2D eigenvalue weighted by molar-refractivity contribution is -0.239. The number of ketones is 2. The third-order valence-corrected chi connectivity index (χ3v) is 15.1. The predicted molar refractivity (Wildman–Crippen MR) is 165 cm³/mol. The van der Waals surface area contributed by atoms with Crippen LogP contribution in [0, 0.1) is 50.2 Å². The van der Waals surface area contributed by atoms with Crippen LogP contribution in [0.2, 0.25) is 0 Å². The topological polar surface area (TPSA) is 137 Å². The van der Waals surface area contributed by atoms with E-state index in [2.05, 4.69) is 43.5 Å². The summed E-state index contributed by atoms with van der Waals surface area (Å²) in [6, 6.07) is 6.89. The number of hydrogen-bond acceptors (Lipinski definition) is 7. The lowest BCUT2D eigenvalue weighted by Crippen LogP contribution is -2.74. The van der Waals surface area contributed by atoms with Gasteiger partial charge in [0.2, 0.25) is 0 Å². The van der Waals surface area contributed by atoms with Crippen LogP contribution in [0.5, 0.6) is 0 Å². The van der Waals surface area contributed by atoms with Crippen LogP contribution in [0.4, 0.5) is 0 Å². The molecule has 0 amide bonds. The van der Waals surface area contributed by atoms with Crippen molar-refractivity contribution in [3.8, 4) is 6.07 Å². The molecule has 0 radical (unpaired) electrons. The van der Waals surface area contributed by atoms with Crippen molar-refractivity contribution in [2.45, 2.75) is 110 Å². The minimum Gasteiger partial charge on any atom is -0.381 e. The number of sulfonamides is 1. The molecule has 44 heavy (non-hydrogen) atoms. The van der Waals surface area contributed by atoms with Gasteiger partial charge in [0.05, 0.1) is 5.57 Å². The number of hydrogen-bond donors (Lipinski definition) is 2. The Bertz CT molecular complexity index is 1680. The zero-order valence-electron chi connectivity index (χ0n) is 27.0. The fraction of sp³-hybridized carbons (Fsp3) is 0.657. The molecule has 8 atom stereocenters. The average Bonchev–Trinajstić information content (AvgIpc) is 2.95. The summed E-state index contributed by atoms with van der Waals surface area (Å²) in [4.78, 5) is 32.0. The average molecular weight is 620 g/mol. The van der Waals surface area contributed by atoms with E-state index in [-0.39, 0.29) is 33.5 Å². The first-order chi connectivity index (χ1) is 20.2. The van der Waals surface area contributed by atoms with E-state index in [1.54, 1.807) is 24.3 Å². The third-order valence-electron chi connectivity index (χ3n) is 13.5. The normalized spacial score (nSPS) is 44.6. The minimum atomic E-state index is -3.93. The van der Waals surface area contributed by atoms with E-state index in [0.717, 1.165) is 18.4 Å². The Morgan fingerprint density at radius 1 is 0.977 bits per heavy atom. The smallest absolute Gasteiger partial charge is 0.258 e. The monoisotopic (exact) mass is 619 g/mol. The molecule has 9 heteroatoms. The number of nitrogens with zero attached hydrogens (tertiary/aromatic N) is 2. The molecule has 0 saturated heterocycles. The van der Waals surface area contributed by atoms with Crippen LogP contribution in [0.1, 0.15) is 93.4 Å². The summed E-state index contributed by atoms with van der Waals surface area (Å²) in [7, 11) is -3.93. The van der Waals surface area contributed by atoms with E-state index >= 15 is 0 Å². The molecule has 6 rings (SSSR count). The Labute approximate surface area is 261 Å². The van der Waals surface area contributed by atoms with Crippen molar-refractivity contribution in [1.29, 1.82) is 5.26 Å². The molecule has 1 aromatic rings. The fourth-order valence-corrected chi connectivity index (χ4v) is 12.1. The molecular formula is C35H45N3O5S. The molecule has 5 aliphatic rings. The first kappa shape index (κ1) is 31.3. The van der Waals surface area contributed by atoms with E-state index in [1.807, 2.05) is 20.8 Å². The number of fused-ring (bicyclic) bond motifs is 7. The SMILES string of the molecule is CC1(C)C(=O)C(C#N)=C[C@]2(C)C3=CC(=O)[C@]4(O)[C@@H]5C[C@@](C)(NS(=O)(=O)c6ccccn6)CC[C@@]5(C)CC[C@@]4(C)[C@]3(C)CC[C@@H]12. The number of allylic oxidation sites excluding steroid dienone is 3. The second-order valence-electron chi connectivity index (χ2n) is 16.2. The van der Waals surface area contributed by atoms with Gasteiger partial charge in [0, 0.05) is 33.9 Å². The van der Waals surface area contributed by atoms with Gasteiger partial charge in [0.25, 0.3) is 10.0 Å². The van der Waals surface area contributed by atoms with Crippen molar-refractivity contribution in [2.75, 3.05) is 0 Å². The zero-order chi connectivity index (χ0) is 32.4. The predicted octanol–water partition coefficient (Wildman–Crippen LogP) is 5.45. The van der Waals surface area contributed by atoms with Crippen LogP contribution in [-0.2, 0) is 19.6 Å². The Morgan fingerprint density at radius 2 is 1.66 bits per heavy atom. The first-order valence-electron chi connectivity index (χ1n) is 15.9. The fourth-order valence-electron chi connectivity index (χ4n) is 10.7. The summed E-state index contributed by atoms with van der Waals surface area (Å²) >= 11 is 0. The highest BCUT2D eigenvalue weighted by Crippen LogP contribution is 2.75. The lowest BCUT2D eigenvalue weighted by Gasteiger charge is -2.71. The number of carbonyl (C=O) groups is 2.